The molecular formula is C24H28O11. The molecule has 4 aliphatic rings. The van der Waals surface area contributed by atoms with Gasteiger partial charge >= 0.3 is 5.97 Å². The third-order valence-electron chi connectivity index (χ3n) is 7.05. The van der Waals surface area contributed by atoms with Gasteiger partial charge < -0.3 is 49.2 Å². The molecule has 5 rings (SSSR count). The molecule has 11 nitrogen and oxygen atoms in total. The Morgan fingerprint density at radius 2 is 1.80 bits per heavy atom. The molecule has 0 amide bonds. The smallest absolute Gasteiger partial charge is 0.330 e. The number of aliphatic hydroxyl groups excluding tert-OH is 5. The minimum Gasteiger partial charge on any atom is -0.472 e. The highest BCUT2D eigenvalue weighted by Gasteiger charge is 2.75. The van der Waals surface area contributed by atoms with Gasteiger partial charge in [-0.15, -0.1) is 0 Å². The largest absolute Gasteiger partial charge is 0.472 e. The van der Waals surface area contributed by atoms with Crippen LogP contribution in [0.3, 0.4) is 0 Å². The quantitative estimate of drug-likeness (QED) is 0.174. The number of benzene rings is 1. The molecule has 1 saturated carbocycles. The van der Waals surface area contributed by atoms with Crippen LogP contribution in [0.2, 0.25) is 0 Å². The van der Waals surface area contributed by atoms with E-state index >= 15 is 0 Å². The topological polar surface area (TPSA) is 168 Å². The van der Waals surface area contributed by atoms with E-state index in [1.807, 2.05) is 30.3 Å². The highest BCUT2D eigenvalue weighted by Crippen LogP contribution is 2.59. The molecule has 3 heterocycles. The summed E-state index contributed by atoms with van der Waals surface area (Å²) in [7, 11) is 0. The van der Waals surface area contributed by atoms with E-state index in [9.17, 15) is 30.3 Å². The molecule has 1 aromatic carbocycles. The van der Waals surface area contributed by atoms with E-state index in [0.29, 0.717) is 0 Å². The molecule has 5 N–H and O–H groups in total. The summed E-state index contributed by atoms with van der Waals surface area (Å²) in [4.78, 5) is 12.1. The van der Waals surface area contributed by atoms with Crippen LogP contribution < -0.4 is 0 Å². The van der Waals surface area contributed by atoms with Crippen LogP contribution in [0.15, 0.2) is 48.7 Å². The Kier molecular flexibility index (Phi) is 6.68. The Morgan fingerprint density at radius 3 is 2.54 bits per heavy atom. The van der Waals surface area contributed by atoms with Crippen LogP contribution in [0, 0.1) is 11.8 Å². The average molecular weight is 492 g/mol. The monoisotopic (exact) mass is 492 g/mol. The van der Waals surface area contributed by atoms with Gasteiger partial charge in [-0.25, -0.2) is 4.79 Å². The van der Waals surface area contributed by atoms with E-state index in [0.717, 1.165) is 5.56 Å². The predicted molar refractivity (Wildman–Crippen MR) is 116 cm³/mol. The van der Waals surface area contributed by atoms with Crippen molar-refractivity contribution in [2.45, 2.75) is 54.8 Å². The number of esters is 1. The maximum absolute atomic E-state index is 12.1. The van der Waals surface area contributed by atoms with Gasteiger partial charge in [-0.05, 0) is 17.7 Å². The average Bonchev–Trinajstić information content (AvgIpc) is 3.57. The number of hydrogen-bond acceptors (Lipinski definition) is 11. The Bertz CT molecular complexity index is 967. The third kappa shape index (κ3) is 4.39. The maximum atomic E-state index is 12.1. The second-order valence-electron chi connectivity index (χ2n) is 9.10. The predicted octanol–water partition coefficient (Wildman–Crippen LogP) is -1.33. The zero-order valence-electron chi connectivity index (χ0n) is 18.6. The maximum Gasteiger partial charge on any atom is 0.330 e. The van der Waals surface area contributed by atoms with E-state index in [1.165, 1.54) is 12.3 Å². The normalized spacial score (nSPS) is 43.9. The highest BCUT2D eigenvalue weighted by atomic mass is 16.8. The van der Waals surface area contributed by atoms with Crippen LogP contribution in [-0.4, -0.2) is 99.5 Å². The summed E-state index contributed by atoms with van der Waals surface area (Å²) in [6.45, 7) is -0.776. The molecule has 3 aliphatic heterocycles. The van der Waals surface area contributed by atoms with Crippen molar-refractivity contribution in [2.75, 3.05) is 13.2 Å². The number of fused-ring (bicyclic) bond motifs is 3. The van der Waals surface area contributed by atoms with Gasteiger partial charge in [0.25, 0.3) is 0 Å². The van der Waals surface area contributed by atoms with Gasteiger partial charge in [-0.3, -0.25) is 0 Å². The summed E-state index contributed by atoms with van der Waals surface area (Å²) >= 11 is 0. The van der Waals surface area contributed by atoms with E-state index < -0.39 is 79.2 Å². The van der Waals surface area contributed by atoms with E-state index in [1.54, 1.807) is 12.2 Å². The molecule has 0 spiro atoms. The summed E-state index contributed by atoms with van der Waals surface area (Å²) in [5.41, 5.74) is -0.248. The number of hydrogen-bond donors (Lipinski definition) is 5. The lowest BCUT2D eigenvalue weighted by Crippen LogP contribution is -2.60. The SMILES string of the molecule is O=C(/C=C/c1ccccc1)OC[C@H]1O[C@@H](OC2OC=C[C@H]3[C@H](O)[C@@H]4O[C@@]4(CO)[C@@H]23)[C@H](O)[C@@H](O)[C@@H]1O. The standard InChI is InChI=1S/C24H28O11/c25-11-24-16-13(17(27)21(24)35-24)8-9-31-22(16)34-23-20(30)19(29)18(28)14(33-23)10-32-15(26)7-6-12-4-2-1-3-5-12/h1-9,13-14,16-23,25,27-30H,10-11H2/b7-6+/t13-,14-,16-,17+,18-,19+,20-,21+,22?,23+,24+/m1/s1. The van der Waals surface area contributed by atoms with Gasteiger partial charge in [-0.1, -0.05) is 30.3 Å². The van der Waals surface area contributed by atoms with Crippen molar-refractivity contribution in [3.63, 3.8) is 0 Å². The Labute approximate surface area is 200 Å². The summed E-state index contributed by atoms with van der Waals surface area (Å²) in [5, 5.41) is 51.5. The first kappa shape index (κ1) is 24.3. The minimum atomic E-state index is -1.65. The minimum absolute atomic E-state index is 0.364. The number of rotatable bonds is 7. The zero-order chi connectivity index (χ0) is 24.7. The second kappa shape index (κ2) is 9.60. The lowest BCUT2D eigenvalue weighted by Gasteiger charge is -2.43. The molecule has 11 heteroatoms. The second-order valence-corrected chi connectivity index (χ2v) is 9.10. The molecule has 1 aromatic rings. The van der Waals surface area contributed by atoms with Crippen LogP contribution in [0.25, 0.3) is 6.08 Å². The molecular weight excluding hydrogens is 464 g/mol. The van der Waals surface area contributed by atoms with Crippen LogP contribution >= 0.6 is 0 Å². The van der Waals surface area contributed by atoms with Crippen molar-refractivity contribution >= 4 is 12.0 Å². The van der Waals surface area contributed by atoms with E-state index in [2.05, 4.69) is 0 Å². The molecule has 190 valence electrons. The number of epoxide rings is 1. The summed E-state index contributed by atoms with van der Waals surface area (Å²) in [6.07, 6.45) is -4.23. The van der Waals surface area contributed by atoms with Crippen molar-refractivity contribution < 1.29 is 54.0 Å². The van der Waals surface area contributed by atoms with Gasteiger partial charge in [0.1, 0.15) is 42.7 Å². The number of aliphatic hydroxyl groups is 5. The molecule has 1 unspecified atom stereocenters. The molecule has 0 radical (unpaired) electrons. The molecule has 35 heavy (non-hydrogen) atoms. The molecule has 3 fully saturated rings. The fourth-order valence-corrected chi connectivity index (χ4v) is 5.10. The summed E-state index contributed by atoms with van der Waals surface area (Å²) in [6, 6.07) is 9.11. The lowest BCUT2D eigenvalue weighted by molar-refractivity contribution is -0.344. The van der Waals surface area contributed by atoms with Crippen LogP contribution in [-0.2, 0) is 28.5 Å². The van der Waals surface area contributed by atoms with Crippen molar-refractivity contribution in [1.29, 1.82) is 0 Å². The molecule has 0 bridgehead atoms. The van der Waals surface area contributed by atoms with E-state index in [-0.39, 0.29) is 6.61 Å². The lowest BCUT2D eigenvalue weighted by atomic mass is 9.85. The Hall–Kier alpha value is -2.35. The highest BCUT2D eigenvalue weighted by molar-refractivity contribution is 5.87. The Morgan fingerprint density at radius 1 is 1.03 bits per heavy atom. The first-order valence-corrected chi connectivity index (χ1v) is 11.4. The first-order valence-electron chi connectivity index (χ1n) is 11.4. The number of carbonyl (C=O) groups is 1. The van der Waals surface area contributed by atoms with Crippen molar-refractivity contribution in [3.8, 4) is 0 Å². The molecule has 11 atom stereocenters. The zero-order valence-corrected chi connectivity index (χ0v) is 18.6. The van der Waals surface area contributed by atoms with Gasteiger partial charge in [0.15, 0.2) is 6.29 Å². The molecule has 0 aromatic heterocycles. The fraction of sp³-hybridized carbons (Fsp3) is 0.542. The Balaban J connectivity index is 1.22. The van der Waals surface area contributed by atoms with Crippen molar-refractivity contribution in [1.82, 2.24) is 0 Å². The van der Waals surface area contributed by atoms with Gasteiger partial charge in [-0.2, -0.15) is 0 Å². The van der Waals surface area contributed by atoms with E-state index in [4.69, 9.17) is 23.7 Å². The van der Waals surface area contributed by atoms with Crippen molar-refractivity contribution in [2.24, 2.45) is 11.8 Å². The fourth-order valence-electron chi connectivity index (χ4n) is 5.10. The van der Waals surface area contributed by atoms with Crippen LogP contribution in [0.4, 0.5) is 0 Å². The molecule has 2 saturated heterocycles. The van der Waals surface area contributed by atoms with Crippen LogP contribution in [0.5, 0.6) is 0 Å². The number of carbonyl (C=O) groups excluding carboxylic acids is 1. The van der Waals surface area contributed by atoms with Gasteiger partial charge in [0.2, 0.25) is 6.29 Å². The van der Waals surface area contributed by atoms with Crippen LogP contribution in [0.1, 0.15) is 5.56 Å². The van der Waals surface area contributed by atoms with Gasteiger partial charge in [0.05, 0.1) is 24.9 Å². The number of ether oxygens (including phenoxy) is 5. The van der Waals surface area contributed by atoms with Gasteiger partial charge in [0, 0.05) is 12.0 Å². The first-order chi connectivity index (χ1) is 16.9. The van der Waals surface area contributed by atoms with Crippen molar-refractivity contribution in [3.05, 3.63) is 54.3 Å². The summed E-state index contributed by atoms with van der Waals surface area (Å²) < 4.78 is 27.7. The summed E-state index contributed by atoms with van der Waals surface area (Å²) in [5.74, 6) is -1.70. The third-order valence-corrected chi connectivity index (χ3v) is 7.05. The molecule has 1 aliphatic carbocycles.